The first-order valence-electron chi connectivity index (χ1n) is 7.11. The quantitative estimate of drug-likeness (QED) is 0.779. The summed E-state index contributed by atoms with van der Waals surface area (Å²) >= 11 is 0. The zero-order valence-electron chi connectivity index (χ0n) is 12.7. The highest BCUT2D eigenvalue weighted by Crippen LogP contribution is 2.28. The Morgan fingerprint density at radius 1 is 1.35 bits per heavy atom. The second-order valence-corrected chi connectivity index (χ2v) is 4.86. The predicted molar refractivity (Wildman–Crippen MR) is 77.8 cm³/mol. The van der Waals surface area contributed by atoms with Gasteiger partial charge in [-0.15, -0.1) is 0 Å². The van der Waals surface area contributed by atoms with Crippen molar-refractivity contribution in [1.82, 2.24) is 0 Å². The molecule has 0 fully saturated rings. The predicted octanol–water partition coefficient (Wildman–Crippen LogP) is 3.16. The molecule has 0 heterocycles. The number of carbonyl (C=O) groups is 1. The van der Waals surface area contributed by atoms with Gasteiger partial charge >= 0.3 is 5.97 Å². The van der Waals surface area contributed by atoms with Crippen molar-refractivity contribution in [3.05, 3.63) is 29.3 Å². The number of hydrogen-bond acceptors (Lipinski definition) is 4. The molecule has 1 aromatic rings. The number of benzene rings is 1. The van der Waals surface area contributed by atoms with E-state index in [1.54, 1.807) is 13.8 Å². The third-order valence-corrected chi connectivity index (χ3v) is 2.99. The Morgan fingerprint density at radius 2 is 2.05 bits per heavy atom. The Labute approximate surface area is 120 Å². The van der Waals surface area contributed by atoms with Gasteiger partial charge in [-0.2, -0.15) is 0 Å². The largest absolute Gasteiger partial charge is 0.478 e. The standard InChI is InChI=1S/C16H24O4/c1-5-7-14(16(18)19-6-2)20-15-10-11(3)8-9-13(15)12(4)17/h8-10,12,14,17H,5-7H2,1-4H3/t12-,14?/m1/s1. The lowest BCUT2D eigenvalue weighted by atomic mass is 10.1. The number of carbonyl (C=O) groups excluding carboxylic acids is 1. The molecule has 1 unspecified atom stereocenters. The van der Waals surface area contributed by atoms with E-state index in [0.717, 1.165) is 12.0 Å². The second kappa shape index (κ2) is 7.90. The van der Waals surface area contributed by atoms with Crippen molar-refractivity contribution in [2.24, 2.45) is 0 Å². The van der Waals surface area contributed by atoms with Crippen molar-refractivity contribution < 1.29 is 19.4 Å². The number of ether oxygens (including phenoxy) is 2. The molecule has 4 nitrogen and oxygen atoms in total. The zero-order chi connectivity index (χ0) is 15.1. The molecule has 1 aromatic carbocycles. The molecule has 0 radical (unpaired) electrons. The van der Waals surface area contributed by atoms with Crippen molar-refractivity contribution >= 4 is 5.97 Å². The van der Waals surface area contributed by atoms with Gasteiger partial charge < -0.3 is 14.6 Å². The highest BCUT2D eigenvalue weighted by molar-refractivity contribution is 5.75. The minimum Gasteiger partial charge on any atom is -0.478 e. The fourth-order valence-corrected chi connectivity index (χ4v) is 1.96. The number of aliphatic hydroxyl groups excluding tert-OH is 1. The summed E-state index contributed by atoms with van der Waals surface area (Å²) in [7, 11) is 0. The van der Waals surface area contributed by atoms with Crippen LogP contribution >= 0.6 is 0 Å². The summed E-state index contributed by atoms with van der Waals surface area (Å²) in [5.74, 6) is 0.193. The number of hydrogen-bond donors (Lipinski definition) is 1. The van der Waals surface area contributed by atoms with E-state index in [4.69, 9.17) is 9.47 Å². The first-order chi connectivity index (χ1) is 9.49. The van der Waals surface area contributed by atoms with Crippen LogP contribution in [0.2, 0.25) is 0 Å². The van der Waals surface area contributed by atoms with Gasteiger partial charge in [0.25, 0.3) is 0 Å². The highest BCUT2D eigenvalue weighted by atomic mass is 16.6. The molecule has 4 heteroatoms. The van der Waals surface area contributed by atoms with Crippen LogP contribution in [0.4, 0.5) is 0 Å². The van der Waals surface area contributed by atoms with E-state index in [-0.39, 0.29) is 5.97 Å². The van der Waals surface area contributed by atoms with Gasteiger partial charge in [0, 0.05) is 5.56 Å². The maximum Gasteiger partial charge on any atom is 0.347 e. The Morgan fingerprint density at radius 3 is 2.60 bits per heavy atom. The molecule has 0 aliphatic carbocycles. The molecule has 0 bridgehead atoms. The van der Waals surface area contributed by atoms with E-state index in [1.165, 1.54) is 0 Å². The Kier molecular flexibility index (Phi) is 6.52. The maximum atomic E-state index is 11.9. The SMILES string of the molecule is CCCC(Oc1cc(C)ccc1[C@@H](C)O)C(=O)OCC. The average molecular weight is 280 g/mol. The van der Waals surface area contributed by atoms with E-state index >= 15 is 0 Å². The molecular formula is C16H24O4. The molecule has 0 saturated heterocycles. The van der Waals surface area contributed by atoms with Gasteiger partial charge in [0.2, 0.25) is 0 Å². The van der Waals surface area contributed by atoms with E-state index in [2.05, 4.69) is 0 Å². The van der Waals surface area contributed by atoms with Crippen LogP contribution in [0.25, 0.3) is 0 Å². The molecule has 2 atom stereocenters. The fourth-order valence-electron chi connectivity index (χ4n) is 1.96. The maximum absolute atomic E-state index is 11.9. The molecular weight excluding hydrogens is 256 g/mol. The Hall–Kier alpha value is -1.55. The number of rotatable bonds is 7. The van der Waals surface area contributed by atoms with E-state index in [0.29, 0.717) is 24.3 Å². The van der Waals surface area contributed by atoms with Gasteiger partial charge in [0.05, 0.1) is 12.7 Å². The lowest BCUT2D eigenvalue weighted by Gasteiger charge is -2.20. The minimum atomic E-state index is -0.643. The summed E-state index contributed by atoms with van der Waals surface area (Å²) in [6.07, 6.45) is 0.139. The summed E-state index contributed by atoms with van der Waals surface area (Å²) in [6, 6.07) is 5.57. The van der Waals surface area contributed by atoms with Crippen LogP contribution in [0.1, 0.15) is 50.8 Å². The summed E-state index contributed by atoms with van der Waals surface area (Å²) in [4.78, 5) is 11.9. The third kappa shape index (κ3) is 4.53. The molecule has 1 N–H and O–H groups in total. The summed E-state index contributed by atoms with van der Waals surface area (Å²) < 4.78 is 10.8. The van der Waals surface area contributed by atoms with Crippen LogP contribution in [-0.2, 0) is 9.53 Å². The van der Waals surface area contributed by atoms with Gasteiger partial charge in [0.1, 0.15) is 5.75 Å². The summed E-state index contributed by atoms with van der Waals surface area (Å²) in [5, 5.41) is 9.78. The van der Waals surface area contributed by atoms with Crippen LogP contribution in [0.3, 0.4) is 0 Å². The molecule has 20 heavy (non-hydrogen) atoms. The number of esters is 1. The average Bonchev–Trinajstić information content (AvgIpc) is 2.38. The smallest absolute Gasteiger partial charge is 0.347 e. The number of aliphatic hydroxyl groups is 1. The molecule has 0 spiro atoms. The van der Waals surface area contributed by atoms with Crippen molar-refractivity contribution in [3.8, 4) is 5.75 Å². The molecule has 0 aliphatic heterocycles. The Bertz CT molecular complexity index is 440. The van der Waals surface area contributed by atoms with Gasteiger partial charge in [-0.25, -0.2) is 4.79 Å². The van der Waals surface area contributed by atoms with Crippen molar-refractivity contribution in [2.45, 2.75) is 52.7 Å². The van der Waals surface area contributed by atoms with Crippen molar-refractivity contribution in [2.75, 3.05) is 6.61 Å². The van der Waals surface area contributed by atoms with E-state index in [9.17, 15) is 9.90 Å². The third-order valence-electron chi connectivity index (χ3n) is 2.99. The van der Waals surface area contributed by atoms with Crippen LogP contribution < -0.4 is 4.74 Å². The van der Waals surface area contributed by atoms with Crippen LogP contribution in [-0.4, -0.2) is 23.8 Å². The lowest BCUT2D eigenvalue weighted by molar-refractivity contribution is -0.151. The highest BCUT2D eigenvalue weighted by Gasteiger charge is 2.22. The summed E-state index contributed by atoms with van der Waals surface area (Å²) in [6.45, 7) is 7.71. The second-order valence-electron chi connectivity index (χ2n) is 4.86. The first-order valence-corrected chi connectivity index (χ1v) is 7.11. The Balaban J connectivity index is 2.97. The normalized spacial score (nSPS) is 13.7. The first kappa shape index (κ1) is 16.5. The van der Waals surface area contributed by atoms with E-state index < -0.39 is 12.2 Å². The van der Waals surface area contributed by atoms with Gasteiger partial charge in [0.15, 0.2) is 6.10 Å². The van der Waals surface area contributed by atoms with Crippen LogP contribution in [0, 0.1) is 6.92 Å². The fraction of sp³-hybridized carbons (Fsp3) is 0.562. The monoisotopic (exact) mass is 280 g/mol. The lowest BCUT2D eigenvalue weighted by Crippen LogP contribution is -2.29. The molecule has 112 valence electrons. The van der Waals surface area contributed by atoms with Crippen molar-refractivity contribution in [3.63, 3.8) is 0 Å². The van der Waals surface area contributed by atoms with Gasteiger partial charge in [-0.3, -0.25) is 0 Å². The topological polar surface area (TPSA) is 55.8 Å². The molecule has 1 rings (SSSR count). The minimum absolute atomic E-state index is 0.333. The van der Waals surface area contributed by atoms with Gasteiger partial charge in [-0.1, -0.05) is 25.5 Å². The van der Waals surface area contributed by atoms with Crippen molar-refractivity contribution in [1.29, 1.82) is 0 Å². The van der Waals surface area contributed by atoms with Crippen LogP contribution in [0.15, 0.2) is 18.2 Å². The molecule has 0 aromatic heterocycles. The number of aryl methyl sites for hydroxylation is 1. The van der Waals surface area contributed by atoms with E-state index in [1.807, 2.05) is 32.0 Å². The van der Waals surface area contributed by atoms with Crippen LogP contribution in [0.5, 0.6) is 5.75 Å². The molecule has 0 aliphatic rings. The summed E-state index contributed by atoms with van der Waals surface area (Å²) in [5.41, 5.74) is 1.70. The molecule has 0 saturated carbocycles. The molecule has 0 amide bonds. The van der Waals surface area contributed by atoms with Gasteiger partial charge in [-0.05, 0) is 38.8 Å². The zero-order valence-corrected chi connectivity index (χ0v) is 12.7.